The number of hydrogen-bond acceptors (Lipinski definition) is 2. The first-order valence-corrected chi connectivity index (χ1v) is 4.24. The van der Waals surface area contributed by atoms with Gasteiger partial charge in [-0.1, -0.05) is 0 Å². The lowest BCUT2D eigenvalue weighted by Crippen LogP contribution is -2.26. The molecule has 0 aromatic heterocycles. The maximum atomic E-state index is 11.0. The molecule has 0 radical (unpaired) electrons. The monoisotopic (exact) mass is 156 g/mol. The summed E-state index contributed by atoms with van der Waals surface area (Å²) < 4.78 is 0. The molecular weight excluding hydrogens is 140 g/mol. The average Bonchev–Trinajstić information content (AvgIpc) is 2.06. The Balaban J connectivity index is 2.31. The summed E-state index contributed by atoms with van der Waals surface area (Å²) in [6.45, 7) is 2.87. The van der Waals surface area contributed by atoms with Crippen LogP contribution in [0.4, 0.5) is 0 Å². The SMILES string of the molecule is CN1CCCCNC(=O)CC1. The number of amides is 1. The van der Waals surface area contributed by atoms with Crippen molar-refractivity contribution in [1.82, 2.24) is 10.2 Å². The quantitative estimate of drug-likeness (QED) is 0.544. The zero-order valence-electron chi connectivity index (χ0n) is 7.10. The van der Waals surface area contributed by atoms with Crippen molar-refractivity contribution in [3.8, 4) is 0 Å². The Kier molecular flexibility index (Phi) is 3.36. The van der Waals surface area contributed by atoms with E-state index in [2.05, 4.69) is 17.3 Å². The molecule has 1 amide bonds. The lowest BCUT2D eigenvalue weighted by molar-refractivity contribution is -0.121. The van der Waals surface area contributed by atoms with Crippen LogP contribution in [0.2, 0.25) is 0 Å². The molecule has 1 N–H and O–H groups in total. The van der Waals surface area contributed by atoms with Crippen LogP contribution < -0.4 is 5.32 Å². The number of carbonyl (C=O) groups excluding carboxylic acids is 1. The second-order valence-corrected chi connectivity index (χ2v) is 3.11. The van der Waals surface area contributed by atoms with Crippen molar-refractivity contribution in [1.29, 1.82) is 0 Å². The van der Waals surface area contributed by atoms with Gasteiger partial charge in [0, 0.05) is 19.5 Å². The molecule has 0 saturated carbocycles. The van der Waals surface area contributed by atoms with Crippen LogP contribution in [0.25, 0.3) is 0 Å². The van der Waals surface area contributed by atoms with Crippen molar-refractivity contribution in [2.24, 2.45) is 0 Å². The van der Waals surface area contributed by atoms with Gasteiger partial charge >= 0.3 is 0 Å². The molecule has 64 valence electrons. The Morgan fingerprint density at radius 2 is 2.18 bits per heavy atom. The number of nitrogens with one attached hydrogen (secondary N) is 1. The van der Waals surface area contributed by atoms with E-state index in [1.807, 2.05) is 0 Å². The fraction of sp³-hybridized carbons (Fsp3) is 0.875. The van der Waals surface area contributed by atoms with Crippen LogP contribution in [0.15, 0.2) is 0 Å². The summed E-state index contributed by atoms with van der Waals surface area (Å²) in [6, 6.07) is 0. The smallest absolute Gasteiger partial charge is 0.221 e. The van der Waals surface area contributed by atoms with Crippen molar-refractivity contribution in [3.05, 3.63) is 0 Å². The van der Waals surface area contributed by atoms with Gasteiger partial charge in [0.05, 0.1) is 0 Å². The molecule has 1 rings (SSSR count). The normalized spacial score (nSPS) is 23.2. The van der Waals surface area contributed by atoms with Crippen LogP contribution in [0.1, 0.15) is 19.3 Å². The minimum Gasteiger partial charge on any atom is -0.356 e. The minimum absolute atomic E-state index is 0.193. The zero-order chi connectivity index (χ0) is 8.10. The first-order chi connectivity index (χ1) is 5.29. The summed E-state index contributed by atoms with van der Waals surface area (Å²) in [4.78, 5) is 13.2. The molecule has 0 aliphatic carbocycles. The summed E-state index contributed by atoms with van der Waals surface area (Å²) in [5.41, 5.74) is 0. The van der Waals surface area contributed by atoms with E-state index >= 15 is 0 Å². The third-order valence-corrected chi connectivity index (χ3v) is 2.01. The third-order valence-electron chi connectivity index (χ3n) is 2.01. The van der Waals surface area contributed by atoms with Gasteiger partial charge < -0.3 is 10.2 Å². The van der Waals surface area contributed by atoms with Gasteiger partial charge in [0.2, 0.25) is 5.91 Å². The van der Waals surface area contributed by atoms with Gasteiger partial charge in [0.1, 0.15) is 0 Å². The second-order valence-electron chi connectivity index (χ2n) is 3.11. The largest absolute Gasteiger partial charge is 0.356 e. The summed E-state index contributed by atoms with van der Waals surface area (Å²) in [7, 11) is 2.07. The minimum atomic E-state index is 0.193. The molecule has 0 aromatic rings. The molecule has 0 spiro atoms. The topological polar surface area (TPSA) is 32.3 Å². The molecule has 0 bridgehead atoms. The molecule has 3 nitrogen and oxygen atoms in total. The average molecular weight is 156 g/mol. The van der Waals surface area contributed by atoms with Crippen molar-refractivity contribution < 1.29 is 4.79 Å². The molecule has 1 aliphatic rings. The predicted molar refractivity (Wildman–Crippen MR) is 44.4 cm³/mol. The van der Waals surface area contributed by atoms with Crippen LogP contribution in [0, 0.1) is 0 Å². The summed E-state index contributed by atoms with van der Waals surface area (Å²) in [6.07, 6.45) is 2.95. The molecule has 0 unspecified atom stereocenters. The molecule has 1 saturated heterocycles. The van der Waals surface area contributed by atoms with Crippen molar-refractivity contribution in [2.45, 2.75) is 19.3 Å². The van der Waals surface area contributed by atoms with Crippen LogP contribution in [0.3, 0.4) is 0 Å². The van der Waals surface area contributed by atoms with E-state index in [1.54, 1.807) is 0 Å². The van der Waals surface area contributed by atoms with Gasteiger partial charge in [-0.05, 0) is 26.4 Å². The highest BCUT2D eigenvalue weighted by Gasteiger charge is 2.06. The Morgan fingerprint density at radius 1 is 1.36 bits per heavy atom. The first-order valence-electron chi connectivity index (χ1n) is 4.24. The number of hydrogen-bond donors (Lipinski definition) is 1. The fourth-order valence-electron chi connectivity index (χ4n) is 1.23. The van der Waals surface area contributed by atoms with Crippen LogP contribution in [-0.4, -0.2) is 37.5 Å². The van der Waals surface area contributed by atoms with Crippen LogP contribution >= 0.6 is 0 Å². The van der Waals surface area contributed by atoms with Crippen molar-refractivity contribution in [2.75, 3.05) is 26.7 Å². The van der Waals surface area contributed by atoms with Crippen molar-refractivity contribution in [3.63, 3.8) is 0 Å². The summed E-state index contributed by atoms with van der Waals surface area (Å²) in [5.74, 6) is 0.193. The lowest BCUT2D eigenvalue weighted by atomic mass is 10.3. The molecule has 1 fully saturated rings. The highest BCUT2D eigenvalue weighted by molar-refractivity contribution is 5.76. The van der Waals surface area contributed by atoms with Crippen molar-refractivity contribution >= 4 is 5.91 Å². The molecule has 0 atom stereocenters. The molecule has 0 aromatic carbocycles. The summed E-state index contributed by atoms with van der Waals surface area (Å²) >= 11 is 0. The van der Waals surface area contributed by atoms with E-state index in [4.69, 9.17) is 0 Å². The number of carbonyl (C=O) groups is 1. The van der Waals surface area contributed by atoms with E-state index < -0.39 is 0 Å². The first kappa shape index (κ1) is 8.53. The van der Waals surface area contributed by atoms with E-state index in [0.29, 0.717) is 6.42 Å². The van der Waals surface area contributed by atoms with Gasteiger partial charge in [-0.15, -0.1) is 0 Å². The van der Waals surface area contributed by atoms with Gasteiger partial charge in [-0.25, -0.2) is 0 Å². The highest BCUT2D eigenvalue weighted by Crippen LogP contribution is 1.96. The Morgan fingerprint density at radius 3 is 3.00 bits per heavy atom. The number of rotatable bonds is 0. The van der Waals surface area contributed by atoms with E-state index in [0.717, 1.165) is 26.1 Å². The Bertz CT molecular complexity index is 136. The third kappa shape index (κ3) is 3.37. The van der Waals surface area contributed by atoms with E-state index in [-0.39, 0.29) is 5.91 Å². The molecule has 1 aliphatic heterocycles. The molecule has 1 heterocycles. The molecule has 11 heavy (non-hydrogen) atoms. The van der Waals surface area contributed by atoms with E-state index in [9.17, 15) is 4.79 Å². The van der Waals surface area contributed by atoms with Gasteiger partial charge in [0.25, 0.3) is 0 Å². The second kappa shape index (κ2) is 4.34. The van der Waals surface area contributed by atoms with Crippen LogP contribution in [-0.2, 0) is 4.79 Å². The predicted octanol–water partition coefficient (Wildman–Crippen LogP) is 0.218. The molecule has 3 heteroatoms. The van der Waals surface area contributed by atoms with Crippen LogP contribution in [0.5, 0.6) is 0 Å². The number of nitrogens with zero attached hydrogens (tertiary/aromatic N) is 1. The summed E-state index contributed by atoms with van der Waals surface area (Å²) in [5, 5.41) is 2.88. The molecular formula is C8H16N2O. The van der Waals surface area contributed by atoms with Gasteiger partial charge in [0.15, 0.2) is 0 Å². The zero-order valence-corrected chi connectivity index (χ0v) is 7.10. The van der Waals surface area contributed by atoms with E-state index in [1.165, 1.54) is 6.42 Å². The maximum Gasteiger partial charge on any atom is 0.221 e. The Hall–Kier alpha value is -0.570. The standard InChI is InChI=1S/C8H16N2O/c1-10-6-3-2-5-9-8(11)4-7-10/h2-7H2,1H3,(H,9,11). The lowest BCUT2D eigenvalue weighted by Gasteiger charge is -2.13. The maximum absolute atomic E-state index is 11.0. The Labute approximate surface area is 67.8 Å². The highest BCUT2D eigenvalue weighted by atomic mass is 16.1. The van der Waals surface area contributed by atoms with Gasteiger partial charge in [-0.3, -0.25) is 4.79 Å². The van der Waals surface area contributed by atoms with Gasteiger partial charge in [-0.2, -0.15) is 0 Å². The fourth-order valence-corrected chi connectivity index (χ4v) is 1.23.